The Morgan fingerprint density at radius 3 is 2.21 bits per heavy atom. The second kappa shape index (κ2) is 6.75. The fourth-order valence-corrected chi connectivity index (χ4v) is 1.60. The summed E-state index contributed by atoms with van der Waals surface area (Å²) in [6, 6.07) is 6.56. The van der Waals surface area contributed by atoms with Crippen molar-refractivity contribution in [3.8, 4) is 0 Å². The van der Waals surface area contributed by atoms with Gasteiger partial charge in [0.15, 0.2) is 0 Å². The van der Waals surface area contributed by atoms with Gasteiger partial charge in [0.25, 0.3) is 0 Å². The Morgan fingerprint density at radius 2 is 1.74 bits per heavy atom. The van der Waals surface area contributed by atoms with E-state index in [2.05, 4.69) is 0 Å². The molecule has 0 aliphatic carbocycles. The van der Waals surface area contributed by atoms with Crippen molar-refractivity contribution in [2.24, 2.45) is 5.73 Å². The first kappa shape index (κ1) is 15.0. The molecule has 0 atom stereocenters. The number of halogens is 1. The third-order valence-corrected chi connectivity index (χ3v) is 2.55. The first-order chi connectivity index (χ1) is 8.88. The summed E-state index contributed by atoms with van der Waals surface area (Å²) < 4.78 is 0. The Morgan fingerprint density at radius 1 is 1.16 bits per heavy atom. The number of aliphatic carboxylic acids is 1. The fourth-order valence-electron chi connectivity index (χ4n) is 1.47. The molecule has 1 aromatic rings. The number of hydrogen-bond donors (Lipinski definition) is 2. The van der Waals surface area contributed by atoms with Gasteiger partial charge in [-0.15, -0.1) is 0 Å². The standard InChI is InChI=1S/C12H13ClN2O4/c13-9-3-1-8(2-4-9)5-11(17)15(6-10(14)16)7-12(18)19/h1-4H,5-7H2,(H2,14,16)(H,18,19). The van der Waals surface area contributed by atoms with Gasteiger partial charge in [0, 0.05) is 5.02 Å². The highest BCUT2D eigenvalue weighted by Crippen LogP contribution is 2.10. The topological polar surface area (TPSA) is 101 Å². The number of amides is 2. The number of benzene rings is 1. The number of hydrogen-bond acceptors (Lipinski definition) is 3. The van der Waals surface area contributed by atoms with E-state index in [1.54, 1.807) is 24.3 Å². The monoisotopic (exact) mass is 284 g/mol. The zero-order valence-electron chi connectivity index (χ0n) is 10.0. The minimum atomic E-state index is -1.20. The number of nitrogens with zero attached hydrogens (tertiary/aromatic N) is 1. The van der Waals surface area contributed by atoms with E-state index in [0.29, 0.717) is 10.6 Å². The first-order valence-corrected chi connectivity index (χ1v) is 5.78. The fraction of sp³-hybridized carbons (Fsp3) is 0.250. The molecule has 7 heteroatoms. The van der Waals surface area contributed by atoms with Crippen molar-refractivity contribution < 1.29 is 19.5 Å². The van der Waals surface area contributed by atoms with E-state index >= 15 is 0 Å². The molecule has 0 saturated carbocycles. The number of carboxylic acids is 1. The molecule has 0 radical (unpaired) electrons. The number of carbonyl (C=O) groups is 3. The van der Waals surface area contributed by atoms with Crippen molar-refractivity contribution in [3.63, 3.8) is 0 Å². The molecule has 0 bridgehead atoms. The smallest absolute Gasteiger partial charge is 0.323 e. The van der Waals surface area contributed by atoms with Gasteiger partial charge in [-0.25, -0.2) is 0 Å². The molecule has 0 fully saturated rings. The number of carbonyl (C=O) groups excluding carboxylic acids is 2. The average molecular weight is 285 g/mol. The van der Waals surface area contributed by atoms with Crippen molar-refractivity contribution in [2.45, 2.75) is 6.42 Å². The summed E-state index contributed by atoms with van der Waals surface area (Å²) in [5.74, 6) is -2.44. The van der Waals surface area contributed by atoms with Crippen LogP contribution in [0.3, 0.4) is 0 Å². The lowest BCUT2D eigenvalue weighted by Crippen LogP contribution is -2.42. The minimum absolute atomic E-state index is 0.0161. The van der Waals surface area contributed by atoms with Crippen molar-refractivity contribution in [3.05, 3.63) is 34.9 Å². The molecule has 1 aromatic carbocycles. The molecular formula is C12H13ClN2O4. The molecule has 0 spiro atoms. The highest BCUT2D eigenvalue weighted by Gasteiger charge is 2.18. The van der Waals surface area contributed by atoms with E-state index in [-0.39, 0.29) is 6.42 Å². The van der Waals surface area contributed by atoms with Crippen LogP contribution in [-0.2, 0) is 20.8 Å². The number of nitrogens with two attached hydrogens (primary N) is 1. The van der Waals surface area contributed by atoms with Crippen LogP contribution >= 0.6 is 11.6 Å². The zero-order valence-corrected chi connectivity index (χ0v) is 10.8. The largest absolute Gasteiger partial charge is 0.480 e. The van der Waals surface area contributed by atoms with E-state index in [1.807, 2.05) is 0 Å². The van der Waals surface area contributed by atoms with Crippen LogP contribution in [0.5, 0.6) is 0 Å². The van der Waals surface area contributed by atoms with Crippen molar-refractivity contribution >= 4 is 29.4 Å². The van der Waals surface area contributed by atoms with E-state index in [9.17, 15) is 14.4 Å². The first-order valence-electron chi connectivity index (χ1n) is 5.41. The number of carboxylic acid groups (broad SMARTS) is 1. The van der Waals surface area contributed by atoms with Crippen LogP contribution in [0.15, 0.2) is 24.3 Å². The van der Waals surface area contributed by atoms with Gasteiger partial charge in [0.2, 0.25) is 11.8 Å². The summed E-state index contributed by atoms with van der Waals surface area (Å²) in [7, 11) is 0. The second-order valence-corrected chi connectivity index (χ2v) is 4.35. The maximum absolute atomic E-state index is 11.9. The van der Waals surface area contributed by atoms with Crippen LogP contribution in [0, 0.1) is 0 Å². The van der Waals surface area contributed by atoms with E-state index < -0.39 is 30.9 Å². The summed E-state index contributed by atoms with van der Waals surface area (Å²) in [6.45, 7) is -0.978. The van der Waals surface area contributed by atoms with Crippen LogP contribution in [-0.4, -0.2) is 40.9 Å². The lowest BCUT2D eigenvalue weighted by molar-refractivity contribution is -0.145. The Bertz CT molecular complexity index is 471. The molecular weight excluding hydrogens is 272 g/mol. The molecule has 19 heavy (non-hydrogen) atoms. The second-order valence-electron chi connectivity index (χ2n) is 3.91. The van der Waals surface area contributed by atoms with Gasteiger partial charge in [-0.05, 0) is 17.7 Å². The van der Waals surface area contributed by atoms with Gasteiger partial charge in [-0.3, -0.25) is 14.4 Å². The summed E-state index contributed by atoms with van der Waals surface area (Å²) in [5, 5.41) is 9.22. The summed E-state index contributed by atoms with van der Waals surface area (Å²) in [4.78, 5) is 34.2. The Labute approximate surface area is 114 Å². The van der Waals surface area contributed by atoms with Gasteiger partial charge in [0.1, 0.15) is 6.54 Å². The van der Waals surface area contributed by atoms with E-state index in [0.717, 1.165) is 4.90 Å². The van der Waals surface area contributed by atoms with Crippen molar-refractivity contribution in [2.75, 3.05) is 13.1 Å². The highest BCUT2D eigenvalue weighted by molar-refractivity contribution is 6.30. The van der Waals surface area contributed by atoms with Crippen LogP contribution in [0.4, 0.5) is 0 Å². The molecule has 6 nitrogen and oxygen atoms in total. The molecule has 0 aliphatic heterocycles. The quantitative estimate of drug-likeness (QED) is 0.783. The Balaban J connectivity index is 2.73. The van der Waals surface area contributed by atoms with Crippen LogP contribution in [0.25, 0.3) is 0 Å². The van der Waals surface area contributed by atoms with Crippen LogP contribution in [0.1, 0.15) is 5.56 Å². The minimum Gasteiger partial charge on any atom is -0.480 e. The van der Waals surface area contributed by atoms with Gasteiger partial charge in [-0.2, -0.15) is 0 Å². The third kappa shape index (κ3) is 5.39. The van der Waals surface area contributed by atoms with Gasteiger partial charge < -0.3 is 15.7 Å². The van der Waals surface area contributed by atoms with E-state index in [1.165, 1.54) is 0 Å². The maximum atomic E-state index is 11.9. The predicted molar refractivity (Wildman–Crippen MR) is 68.6 cm³/mol. The molecule has 0 unspecified atom stereocenters. The molecule has 0 heterocycles. The molecule has 2 amide bonds. The molecule has 1 rings (SSSR count). The SMILES string of the molecule is NC(=O)CN(CC(=O)O)C(=O)Cc1ccc(Cl)cc1. The molecule has 0 aromatic heterocycles. The van der Waals surface area contributed by atoms with Gasteiger partial charge in [-0.1, -0.05) is 23.7 Å². The number of rotatable bonds is 6. The average Bonchev–Trinajstić information content (AvgIpc) is 2.30. The normalized spacial score (nSPS) is 9.95. The lowest BCUT2D eigenvalue weighted by atomic mass is 10.1. The summed E-state index contributed by atoms with van der Waals surface area (Å²) in [5.41, 5.74) is 5.65. The third-order valence-electron chi connectivity index (χ3n) is 2.29. The van der Waals surface area contributed by atoms with E-state index in [4.69, 9.17) is 22.4 Å². The molecule has 102 valence electrons. The summed E-state index contributed by atoms with van der Waals surface area (Å²) >= 11 is 5.71. The molecule has 0 aliphatic rings. The van der Waals surface area contributed by atoms with Crippen LogP contribution in [0.2, 0.25) is 5.02 Å². The Hall–Kier alpha value is -2.08. The predicted octanol–water partition coefficient (Wildman–Crippen LogP) is 0.281. The summed E-state index contributed by atoms with van der Waals surface area (Å²) in [6.07, 6.45) is -0.0161. The van der Waals surface area contributed by atoms with Gasteiger partial charge >= 0.3 is 5.97 Å². The maximum Gasteiger partial charge on any atom is 0.323 e. The van der Waals surface area contributed by atoms with Gasteiger partial charge in [0.05, 0.1) is 13.0 Å². The molecule has 3 N–H and O–H groups in total. The Kier molecular flexibility index (Phi) is 5.32. The zero-order chi connectivity index (χ0) is 14.4. The lowest BCUT2D eigenvalue weighted by Gasteiger charge is -2.18. The number of primary amides is 1. The van der Waals surface area contributed by atoms with Crippen molar-refractivity contribution in [1.29, 1.82) is 0 Å². The highest BCUT2D eigenvalue weighted by atomic mass is 35.5. The van der Waals surface area contributed by atoms with Crippen molar-refractivity contribution in [1.82, 2.24) is 4.90 Å². The molecule has 0 saturated heterocycles. The van der Waals surface area contributed by atoms with Crippen LogP contribution < -0.4 is 5.73 Å².